The molecule has 0 spiro atoms. The molecule has 0 bridgehead atoms. The van der Waals surface area contributed by atoms with Crippen molar-refractivity contribution in [1.29, 1.82) is 0 Å². The summed E-state index contributed by atoms with van der Waals surface area (Å²) >= 11 is 2.13. The monoisotopic (exact) mass is 270 g/mol. The third kappa shape index (κ3) is 4.43. The van der Waals surface area contributed by atoms with Gasteiger partial charge in [0.2, 0.25) is 0 Å². The molecule has 2 nitrogen and oxygen atoms in total. The summed E-state index contributed by atoms with van der Waals surface area (Å²) in [4.78, 5) is 2.66. The van der Waals surface area contributed by atoms with Crippen LogP contribution in [0.5, 0.6) is 0 Å². The molecule has 1 saturated heterocycles. The molecule has 2 atom stereocenters. The van der Waals surface area contributed by atoms with Crippen molar-refractivity contribution in [2.45, 2.75) is 57.2 Å². The number of nitrogens with one attached hydrogen (secondary N) is 1. The first-order chi connectivity index (χ1) is 8.77. The number of rotatable bonds is 5. The minimum Gasteiger partial charge on any atom is -0.315 e. The summed E-state index contributed by atoms with van der Waals surface area (Å²) in [6.45, 7) is 9.71. The maximum Gasteiger partial charge on any atom is 0.0184 e. The van der Waals surface area contributed by atoms with Crippen LogP contribution in [-0.4, -0.2) is 48.1 Å². The lowest BCUT2D eigenvalue weighted by atomic mass is 9.89. The van der Waals surface area contributed by atoms with Crippen LogP contribution in [-0.2, 0) is 0 Å². The molecule has 0 aromatic carbocycles. The Bertz CT molecular complexity index is 229. The van der Waals surface area contributed by atoms with Gasteiger partial charge in [0.05, 0.1) is 0 Å². The van der Waals surface area contributed by atoms with E-state index in [0.717, 1.165) is 17.2 Å². The van der Waals surface area contributed by atoms with E-state index in [1.807, 2.05) is 0 Å². The smallest absolute Gasteiger partial charge is 0.0184 e. The molecule has 1 N–H and O–H groups in total. The van der Waals surface area contributed by atoms with Crippen LogP contribution in [0.1, 0.15) is 46.0 Å². The second-order valence-electron chi connectivity index (χ2n) is 6.06. The molecule has 1 heterocycles. The van der Waals surface area contributed by atoms with E-state index in [1.54, 1.807) is 0 Å². The van der Waals surface area contributed by atoms with Gasteiger partial charge in [0.25, 0.3) is 0 Å². The summed E-state index contributed by atoms with van der Waals surface area (Å²) in [5, 5.41) is 4.49. The first-order valence-corrected chi connectivity index (χ1v) is 8.88. The first-order valence-electron chi connectivity index (χ1n) is 7.83. The maximum atomic E-state index is 3.69. The largest absolute Gasteiger partial charge is 0.315 e. The van der Waals surface area contributed by atoms with Crippen LogP contribution < -0.4 is 5.32 Å². The summed E-state index contributed by atoms with van der Waals surface area (Å²) in [6.07, 6.45) is 7.31. The fourth-order valence-electron chi connectivity index (χ4n) is 3.23. The summed E-state index contributed by atoms with van der Waals surface area (Å²) in [6, 6.07) is 0.750. The van der Waals surface area contributed by atoms with Crippen molar-refractivity contribution in [1.82, 2.24) is 10.2 Å². The Labute approximate surface area is 117 Å². The van der Waals surface area contributed by atoms with Crippen molar-refractivity contribution < 1.29 is 0 Å². The van der Waals surface area contributed by atoms with E-state index in [2.05, 4.69) is 35.8 Å². The van der Waals surface area contributed by atoms with Crippen molar-refractivity contribution in [3.8, 4) is 0 Å². The van der Waals surface area contributed by atoms with E-state index in [9.17, 15) is 0 Å². The van der Waals surface area contributed by atoms with Gasteiger partial charge in [0.15, 0.2) is 0 Å². The molecule has 0 aromatic heterocycles. The minimum atomic E-state index is 0.750. The SMILES string of the molecule is CC1SCCN(CCNCC2CCCCC2)C1C. The number of hydrogen-bond acceptors (Lipinski definition) is 3. The molecule has 1 aliphatic carbocycles. The third-order valence-corrected chi connectivity index (χ3v) is 6.09. The molecule has 1 saturated carbocycles. The van der Waals surface area contributed by atoms with Crippen LogP contribution in [0.25, 0.3) is 0 Å². The van der Waals surface area contributed by atoms with Crippen LogP contribution in [0, 0.1) is 5.92 Å². The highest BCUT2D eigenvalue weighted by Gasteiger charge is 2.24. The van der Waals surface area contributed by atoms with E-state index < -0.39 is 0 Å². The van der Waals surface area contributed by atoms with Crippen LogP contribution in [0.3, 0.4) is 0 Å². The Morgan fingerprint density at radius 3 is 2.72 bits per heavy atom. The van der Waals surface area contributed by atoms with Crippen LogP contribution in [0.15, 0.2) is 0 Å². The van der Waals surface area contributed by atoms with Crippen LogP contribution >= 0.6 is 11.8 Å². The molecule has 2 unspecified atom stereocenters. The van der Waals surface area contributed by atoms with E-state index in [-0.39, 0.29) is 0 Å². The zero-order valence-electron chi connectivity index (χ0n) is 12.2. The molecular weight excluding hydrogens is 240 g/mol. The summed E-state index contributed by atoms with van der Waals surface area (Å²) in [7, 11) is 0. The first kappa shape index (κ1) is 14.7. The summed E-state index contributed by atoms with van der Waals surface area (Å²) < 4.78 is 0. The van der Waals surface area contributed by atoms with Gasteiger partial charge in [-0.1, -0.05) is 26.2 Å². The highest BCUT2D eigenvalue weighted by molar-refractivity contribution is 8.00. The quantitative estimate of drug-likeness (QED) is 0.773. The standard InChI is InChI=1S/C15H30N2S/c1-13-14(2)18-11-10-17(13)9-8-16-12-15-6-4-3-5-7-15/h13-16H,3-12H2,1-2H3. The highest BCUT2D eigenvalue weighted by Crippen LogP contribution is 2.24. The molecule has 0 amide bonds. The number of nitrogens with zero attached hydrogens (tertiary/aromatic N) is 1. The molecule has 2 aliphatic rings. The van der Waals surface area contributed by atoms with Gasteiger partial charge in [-0.15, -0.1) is 0 Å². The fraction of sp³-hybridized carbons (Fsp3) is 1.00. The Kier molecular flexibility index (Phi) is 6.33. The van der Waals surface area contributed by atoms with Gasteiger partial charge in [0.1, 0.15) is 0 Å². The Morgan fingerprint density at radius 2 is 1.94 bits per heavy atom. The minimum absolute atomic E-state index is 0.750. The molecule has 1 aliphatic heterocycles. The van der Waals surface area contributed by atoms with Gasteiger partial charge < -0.3 is 5.32 Å². The number of hydrogen-bond donors (Lipinski definition) is 1. The van der Waals surface area contributed by atoms with Gasteiger partial charge in [-0.25, -0.2) is 0 Å². The molecule has 106 valence electrons. The molecule has 0 radical (unpaired) electrons. The van der Waals surface area contributed by atoms with Gasteiger partial charge in [-0.05, 0) is 32.2 Å². The predicted molar refractivity (Wildman–Crippen MR) is 82.4 cm³/mol. The Balaban J connectivity index is 1.57. The Hall–Kier alpha value is 0.270. The van der Waals surface area contributed by atoms with E-state index in [0.29, 0.717) is 0 Å². The van der Waals surface area contributed by atoms with Crippen molar-refractivity contribution in [2.24, 2.45) is 5.92 Å². The third-order valence-electron chi connectivity index (χ3n) is 4.75. The molecule has 0 aromatic rings. The maximum absolute atomic E-state index is 3.69. The zero-order chi connectivity index (χ0) is 12.8. The van der Waals surface area contributed by atoms with Crippen molar-refractivity contribution in [3.05, 3.63) is 0 Å². The van der Waals surface area contributed by atoms with Crippen LogP contribution in [0.4, 0.5) is 0 Å². The van der Waals surface area contributed by atoms with Crippen LogP contribution in [0.2, 0.25) is 0 Å². The van der Waals surface area contributed by atoms with Crippen molar-refractivity contribution >= 4 is 11.8 Å². The zero-order valence-corrected chi connectivity index (χ0v) is 13.0. The van der Waals surface area contributed by atoms with E-state index >= 15 is 0 Å². The van der Waals surface area contributed by atoms with E-state index in [1.165, 1.54) is 64.0 Å². The molecule has 18 heavy (non-hydrogen) atoms. The topological polar surface area (TPSA) is 15.3 Å². The lowest BCUT2D eigenvalue weighted by molar-refractivity contribution is 0.211. The number of thioether (sulfide) groups is 1. The molecule has 2 rings (SSSR count). The lowest BCUT2D eigenvalue weighted by Crippen LogP contribution is -2.47. The summed E-state index contributed by atoms with van der Waals surface area (Å²) in [5.41, 5.74) is 0. The molecular formula is C15H30N2S. The molecule has 2 fully saturated rings. The average molecular weight is 270 g/mol. The second-order valence-corrected chi connectivity index (χ2v) is 7.55. The Morgan fingerprint density at radius 1 is 1.17 bits per heavy atom. The lowest BCUT2D eigenvalue weighted by Gasteiger charge is -2.37. The fourth-order valence-corrected chi connectivity index (χ4v) is 4.39. The summed E-state index contributed by atoms with van der Waals surface area (Å²) in [5.74, 6) is 2.28. The van der Waals surface area contributed by atoms with Gasteiger partial charge in [-0.3, -0.25) is 4.90 Å². The molecule has 3 heteroatoms. The van der Waals surface area contributed by atoms with Gasteiger partial charge in [0, 0.05) is 36.7 Å². The van der Waals surface area contributed by atoms with E-state index in [4.69, 9.17) is 0 Å². The predicted octanol–water partition coefficient (Wildman–Crippen LogP) is 2.98. The normalized spacial score (nSPS) is 31.7. The van der Waals surface area contributed by atoms with Gasteiger partial charge in [-0.2, -0.15) is 11.8 Å². The average Bonchev–Trinajstić information content (AvgIpc) is 2.40. The second kappa shape index (κ2) is 7.76. The van der Waals surface area contributed by atoms with Gasteiger partial charge >= 0.3 is 0 Å². The van der Waals surface area contributed by atoms with Crippen molar-refractivity contribution in [3.63, 3.8) is 0 Å². The van der Waals surface area contributed by atoms with Crippen molar-refractivity contribution in [2.75, 3.05) is 31.9 Å². The highest BCUT2D eigenvalue weighted by atomic mass is 32.2.